The van der Waals surface area contributed by atoms with E-state index in [1.165, 1.54) is 16.9 Å². The fourth-order valence-corrected chi connectivity index (χ4v) is 3.35. The maximum absolute atomic E-state index is 12.6. The number of carbonyl (C=O) groups is 1. The van der Waals surface area contributed by atoms with Crippen LogP contribution < -0.4 is 14.4 Å². The molecule has 0 radical (unpaired) electrons. The van der Waals surface area contributed by atoms with Crippen molar-refractivity contribution in [2.24, 2.45) is 0 Å². The maximum atomic E-state index is 12.6. The summed E-state index contributed by atoms with van der Waals surface area (Å²) in [5.41, 5.74) is 1.78. The van der Waals surface area contributed by atoms with Crippen LogP contribution in [0, 0.1) is 0 Å². The summed E-state index contributed by atoms with van der Waals surface area (Å²) in [6, 6.07) is 16.9. The smallest absolute Gasteiger partial charge is 0.261 e. The molecule has 0 saturated carbocycles. The Morgan fingerprint density at radius 3 is 2.28 bits per heavy atom. The number of nitrogens with zero attached hydrogens (tertiary/aromatic N) is 1. The van der Waals surface area contributed by atoms with E-state index in [2.05, 4.69) is 17.4 Å². The number of benzene rings is 2. The van der Waals surface area contributed by atoms with Gasteiger partial charge in [0, 0.05) is 13.1 Å². The molecule has 0 spiro atoms. The molecule has 0 fully saturated rings. The summed E-state index contributed by atoms with van der Waals surface area (Å²) in [5, 5.41) is 3.02. The van der Waals surface area contributed by atoms with E-state index >= 15 is 0 Å². The predicted octanol–water partition coefficient (Wildman–Crippen LogP) is 3.38. The SMILES string of the molecule is CC[C@H](Oc1ccc(N(C)S(C)(=O)=O)cc1)C(=O)N[C@H](C)CCc1ccccc1. The minimum absolute atomic E-state index is 0.0335. The molecule has 6 nitrogen and oxygen atoms in total. The Morgan fingerprint density at radius 2 is 1.72 bits per heavy atom. The van der Waals surface area contributed by atoms with Gasteiger partial charge in [-0.3, -0.25) is 9.10 Å². The fourth-order valence-electron chi connectivity index (χ4n) is 2.85. The number of amides is 1. The first-order valence-corrected chi connectivity index (χ1v) is 11.6. The molecule has 2 atom stereocenters. The van der Waals surface area contributed by atoms with Gasteiger partial charge in [-0.05, 0) is 56.0 Å². The van der Waals surface area contributed by atoms with Gasteiger partial charge in [0.1, 0.15) is 5.75 Å². The van der Waals surface area contributed by atoms with Gasteiger partial charge in [0.2, 0.25) is 10.0 Å². The Morgan fingerprint density at radius 1 is 1.10 bits per heavy atom. The Balaban J connectivity index is 1.90. The molecule has 2 aromatic carbocycles. The molecule has 158 valence electrons. The van der Waals surface area contributed by atoms with Crippen LogP contribution in [0.1, 0.15) is 32.3 Å². The van der Waals surface area contributed by atoms with Crippen molar-refractivity contribution in [1.82, 2.24) is 5.32 Å². The molecule has 29 heavy (non-hydrogen) atoms. The minimum atomic E-state index is -3.32. The van der Waals surface area contributed by atoms with E-state index in [4.69, 9.17) is 4.74 Å². The molecule has 1 N–H and O–H groups in total. The fraction of sp³-hybridized carbons (Fsp3) is 0.409. The molecule has 2 aromatic rings. The second kappa shape index (κ2) is 10.3. The molecule has 1 amide bonds. The number of anilines is 1. The lowest BCUT2D eigenvalue weighted by molar-refractivity contribution is -0.128. The van der Waals surface area contributed by atoms with Gasteiger partial charge < -0.3 is 10.1 Å². The lowest BCUT2D eigenvalue weighted by atomic mass is 10.1. The van der Waals surface area contributed by atoms with Crippen LogP contribution >= 0.6 is 0 Å². The Hall–Kier alpha value is -2.54. The number of nitrogens with one attached hydrogen (secondary N) is 1. The standard InChI is InChI=1S/C22H30N2O4S/c1-5-21(22(25)23-17(2)11-12-18-9-7-6-8-10-18)28-20-15-13-19(14-16-20)24(3)29(4,26)27/h6-10,13-17,21H,5,11-12H2,1-4H3,(H,23,25)/t17-,21+/m1/s1. The first-order valence-electron chi connectivity index (χ1n) is 9.75. The zero-order valence-electron chi connectivity index (χ0n) is 17.5. The van der Waals surface area contributed by atoms with Crippen molar-refractivity contribution in [2.75, 3.05) is 17.6 Å². The van der Waals surface area contributed by atoms with Gasteiger partial charge in [-0.25, -0.2) is 8.42 Å². The summed E-state index contributed by atoms with van der Waals surface area (Å²) < 4.78 is 30.3. The summed E-state index contributed by atoms with van der Waals surface area (Å²) in [6.45, 7) is 3.88. The summed E-state index contributed by atoms with van der Waals surface area (Å²) in [7, 11) is -1.83. The highest BCUT2D eigenvalue weighted by atomic mass is 32.2. The molecule has 0 heterocycles. The number of carbonyl (C=O) groups excluding carboxylic acids is 1. The van der Waals surface area contributed by atoms with Crippen LogP contribution in [0.4, 0.5) is 5.69 Å². The zero-order chi connectivity index (χ0) is 21.4. The van der Waals surface area contributed by atoms with E-state index in [-0.39, 0.29) is 11.9 Å². The molecule has 0 saturated heterocycles. The van der Waals surface area contributed by atoms with Crippen molar-refractivity contribution in [3.8, 4) is 5.75 Å². The van der Waals surface area contributed by atoms with E-state index in [0.29, 0.717) is 17.9 Å². The van der Waals surface area contributed by atoms with Gasteiger partial charge in [-0.2, -0.15) is 0 Å². The first-order chi connectivity index (χ1) is 13.7. The van der Waals surface area contributed by atoms with E-state index in [1.54, 1.807) is 24.3 Å². The van der Waals surface area contributed by atoms with Crippen LogP contribution in [-0.4, -0.2) is 39.8 Å². The Bertz CT molecular complexity index is 883. The zero-order valence-corrected chi connectivity index (χ0v) is 18.3. The Labute approximate surface area is 173 Å². The topological polar surface area (TPSA) is 75.7 Å². The highest BCUT2D eigenvalue weighted by Gasteiger charge is 2.20. The van der Waals surface area contributed by atoms with Crippen LogP contribution in [0.2, 0.25) is 0 Å². The summed E-state index contributed by atoms with van der Waals surface area (Å²) in [6.07, 6.45) is 2.82. The van der Waals surface area contributed by atoms with Gasteiger partial charge in [-0.1, -0.05) is 37.3 Å². The average molecular weight is 419 g/mol. The molecule has 0 aromatic heterocycles. The van der Waals surface area contributed by atoms with Gasteiger partial charge in [-0.15, -0.1) is 0 Å². The number of ether oxygens (including phenoxy) is 1. The number of rotatable bonds is 10. The molecular formula is C22H30N2O4S. The summed E-state index contributed by atoms with van der Waals surface area (Å²) >= 11 is 0. The molecule has 0 aliphatic carbocycles. The van der Waals surface area contributed by atoms with E-state index in [9.17, 15) is 13.2 Å². The van der Waals surface area contributed by atoms with Crippen molar-refractivity contribution in [3.05, 3.63) is 60.2 Å². The highest BCUT2D eigenvalue weighted by molar-refractivity contribution is 7.92. The molecule has 0 bridgehead atoms. The second-order valence-electron chi connectivity index (χ2n) is 7.17. The highest BCUT2D eigenvalue weighted by Crippen LogP contribution is 2.21. The monoisotopic (exact) mass is 418 g/mol. The van der Waals surface area contributed by atoms with E-state index in [0.717, 1.165) is 19.1 Å². The van der Waals surface area contributed by atoms with Crippen molar-refractivity contribution >= 4 is 21.6 Å². The summed E-state index contributed by atoms with van der Waals surface area (Å²) in [5.74, 6) is 0.375. The molecule has 0 aliphatic heterocycles. The molecular weight excluding hydrogens is 388 g/mol. The third-order valence-electron chi connectivity index (χ3n) is 4.74. The third kappa shape index (κ3) is 7.09. The number of aryl methyl sites for hydroxylation is 1. The number of sulfonamides is 1. The van der Waals surface area contributed by atoms with Gasteiger partial charge in [0.05, 0.1) is 11.9 Å². The normalized spacial score (nSPS) is 13.4. The Kier molecular flexibility index (Phi) is 8.08. The average Bonchev–Trinajstić information content (AvgIpc) is 2.70. The quantitative estimate of drug-likeness (QED) is 0.642. The van der Waals surface area contributed by atoms with E-state index in [1.807, 2.05) is 32.0 Å². The van der Waals surface area contributed by atoms with Crippen molar-refractivity contribution in [3.63, 3.8) is 0 Å². The second-order valence-corrected chi connectivity index (χ2v) is 9.19. The van der Waals surface area contributed by atoms with Crippen LogP contribution in [-0.2, 0) is 21.2 Å². The first kappa shape index (κ1) is 22.7. The lowest BCUT2D eigenvalue weighted by Crippen LogP contribution is -2.42. The van der Waals surface area contributed by atoms with Crippen LogP contribution in [0.3, 0.4) is 0 Å². The predicted molar refractivity (Wildman–Crippen MR) is 117 cm³/mol. The van der Waals surface area contributed by atoms with Crippen molar-refractivity contribution in [1.29, 1.82) is 0 Å². The molecule has 7 heteroatoms. The van der Waals surface area contributed by atoms with Gasteiger partial charge >= 0.3 is 0 Å². The van der Waals surface area contributed by atoms with Gasteiger partial charge in [0.25, 0.3) is 5.91 Å². The van der Waals surface area contributed by atoms with Crippen molar-refractivity contribution in [2.45, 2.75) is 45.3 Å². The largest absolute Gasteiger partial charge is 0.481 e. The maximum Gasteiger partial charge on any atom is 0.261 e. The van der Waals surface area contributed by atoms with Gasteiger partial charge in [0.15, 0.2) is 6.10 Å². The summed E-state index contributed by atoms with van der Waals surface area (Å²) in [4.78, 5) is 12.6. The third-order valence-corrected chi connectivity index (χ3v) is 5.94. The van der Waals surface area contributed by atoms with Crippen LogP contribution in [0.15, 0.2) is 54.6 Å². The number of hydrogen-bond acceptors (Lipinski definition) is 4. The van der Waals surface area contributed by atoms with E-state index < -0.39 is 16.1 Å². The molecule has 2 rings (SSSR count). The van der Waals surface area contributed by atoms with Crippen molar-refractivity contribution < 1.29 is 17.9 Å². The number of hydrogen-bond donors (Lipinski definition) is 1. The van der Waals surface area contributed by atoms with Crippen LogP contribution in [0.25, 0.3) is 0 Å². The van der Waals surface area contributed by atoms with Crippen LogP contribution in [0.5, 0.6) is 5.75 Å². The lowest BCUT2D eigenvalue weighted by Gasteiger charge is -2.21. The molecule has 0 unspecified atom stereocenters. The molecule has 0 aliphatic rings. The minimum Gasteiger partial charge on any atom is -0.481 e.